The summed E-state index contributed by atoms with van der Waals surface area (Å²) >= 11 is 1.13. The van der Waals surface area contributed by atoms with E-state index in [1.165, 1.54) is 4.68 Å². The molecular weight excluding hydrogens is 220 g/mol. The highest BCUT2D eigenvalue weighted by Crippen LogP contribution is 2.22. The monoisotopic (exact) mass is 226 g/mol. The van der Waals surface area contributed by atoms with Crippen molar-refractivity contribution >= 4 is 17.5 Å². The minimum atomic E-state index is -1.00. The summed E-state index contributed by atoms with van der Waals surface area (Å²) in [5, 5.41) is 23.2. The normalized spacial score (nSPS) is 10.5. The Bertz CT molecular complexity index is 491. The maximum absolute atomic E-state index is 10.5. The topological polar surface area (TPSA) is 107 Å². The van der Waals surface area contributed by atoms with E-state index < -0.39 is 5.97 Å². The van der Waals surface area contributed by atoms with Crippen LogP contribution in [0.5, 0.6) is 0 Å². The summed E-state index contributed by atoms with van der Waals surface area (Å²) < 4.78 is 4.93. The molecule has 15 heavy (non-hydrogen) atoms. The van der Waals surface area contributed by atoms with E-state index >= 15 is 0 Å². The molecule has 0 aliphatic heterocycles. The van der Waals surface area contributed by atoms with Crippen LogP contribution in [0.15, 0.2) is 0 Å². The van der Waals surface area contributed by atoms with Gasteiger partial charge in [-0.05, 0) is 28.9 Å². The molecule has 2 aromatic rings. The third-order valence-electron chi connectivity index (χ3n) is 1.67. The second kappa shape index (κ2) is 3.69. The van der Waals surface area contributed by atoms with Crippen LogP contribution in [0.4, 0.5) is 0 Å². The summed E-state index contributed by atoms with van der Waals surface area (Å²) in [4.78, 5) is 11.2. The molecule has 1 N–H and O–H groups in total. The van der Waals surface area contributed by atoms with Crippen LogP contribution >= 0.6 is 11.5 Å². The highest BCUT2D eigenvalue weighted by Gasteiger charge is 2.16. The van der Waals surface area contributed by atoms with Crippen LogP contribution < -0.4 is 0 Å². The highest BCUT2D eigenvalue weighted by molar-refractivity contribution is 7.09. The molecule has 0 atom stereocenters. The second-order valence-corrected chi connectivity index (χ2v) is 3.50. The number of nitrogens with zero attached hydrogens (tertiary/aromatic N) is 6. The predicted molar refractivity (Wildman–Crippen MR) is 49.1 cm³/mol. The number of carboxylic acids is 1. The second-order valence-electron chi connectivity index (χ2n) is 2.74. The van der Waals surface area contributed by atoms with Gasteiger partial charge in [0.25, 0.3) is 0 Å². The molecule has 0 unspecified atom stereocenters. The van der Waals surface area contributed by atoms with Crippen molar-refractivity contribution in [3.05, 3.63) is 5.69 Å². The van der Waals surface area contributed by atoms with Crippen molar-refractivity contribution in [3.8, 4) is 10.7 Å². The van der Waals surface area contributed by atoms with E-state index in [0.29, 0.717) is 16.4 Å². The Morgan fingerprint density at radius 3 is 2.93 bits per heavy atom. The lowest BCUT2D eigenvalue weighted by Crippen LogP contribution is -2.11. The van der Waals surface area contributed by atoms with E-state index in [9.17, 15) is 4.79 Å². The molecule has 0 radical (unpaired) electrons. The van der Waals surface area contributed by atoms with Gasteiger partial charge < -0.3 is 5.11 Å². The molecule has 0 saturated heterocycles. The van der Waals surface area contributed by atoms with Gasteiger partial charge in [0, 0.05) is 0 Å². The molecule has 78 valence electrons. The maximum atomic E-state index is 10.5. The van der Waals surface area contributed by atoms with Gasteiger partial charge in [0.05, 0.1) is 5.69 Å². The Labute approximate surface area is 87.7 Å². The highest BCUT2D eigenvalue weighted by atomic mass is 32.1. The van der Waals surface area contributed by atoms with Crippen LogP contribution in [0, 0.1) is 6.92 Å². The molecule has 0 aromatic carbocycles. The first-order chi connectivity index (χ1) is 7.18. The average Bonchev–Trinajstić information content (AvgIpc) is 2.73. The van der Waals surface area contributed by atoms with Gasteiger partial charge >= 0.3 is 5.97 Å². The van der Waals surface area contributed by atoms with Crippen molar-refractivity contribution in [2.75, 3.05) is 0 Å². The van der Waals surface area contributed by atoms with Crippen molar-refractivity contribution in [2.24, 2.45) is 0 Å². The number of hydrogen-bond acceptors (Lipinski definition) is 7. The summed E-state index contributed by atoms with van der Waals surface area (Å²) in [6, 6.07) is 0. The SMILES string of the molecule is Cc1nnsc1-c1nnnn1CC(=O)O. The zero-order valence-corrected chi connectivity index (χ0v) is 8.47. The third kappa shape index (κ3) is 1.81. The third-order valence-corrected chi connectivity index (χ3v) is 2.50. The van der Waals surface area contributed by atoms with Gasteiger partial charge in [0.2, 0.25) is 0 Å². The Hall–Kier alpha value is -1.90. The van der Waals surface area contributed by atoms with Gasteiger partial charge in [-0.2, -0.15) is 0 Å². The molecule has 0 bridgehead atoms. The fourth-order valence-electron chi connectivity index (χ4n) is 1.04. The molecule has 2 heterocycles. The molecular formula is C6H6N6O2S. The quantitative estimate of drug-likeness (QED) is 0.757. The van der Waals surface area contributed by atoms with E-state index in [0.717, 1.165) is 11.5 Å². The van der Waals surface area contributed by atoms with Crippen LogP contribution in [0.3, 0.4) is 0 Å². The van der Waals surface area contributed by atoms with E-state index in [-0.39, 0.29) is 6.54 Å². The Morgan fingerprint density at radius 1 is 1.53 bits per heavy atom. The van der Waals surface area contributed by atoms with Crippen molar-refractivity contribution < 1.29 is 9.90 Å². The first-order valence-electron chi connectivity index (χ1n) is 3.96. The zero-order valence-electron chi connectivity index (χ0n) is 7.65. The lowest BCUT2D eigenvalue weighted by atomic mass is 10.4. The summed E-state index contributed by atoms with van der Waals surface area (Å²) in [5.41, 5.74) is 0.682. The number of aryl methyl sites for hydroxylation is 1. The zero-order chi connectivity index (χ0) is 10.8. The summed E-state index contributed by atoms with van der Waals surface area (Å²) in [6.07, 6.45) is 0. The standard InChI is InChI=1S/C6H6N6O2S/c1-3-5(15-11-7-3)6-8-9-10-12(6)2-4(13)14/h2H2,1H3,(H,13,14). The summed E-state index contributed by atoms with van der Waals surface area (Å²) in [5.74, 6) is -0.622. The van der Waals surface area contributed by atoms with Gasteiger partial charge in [-0.15, -0.1) is 10.2 Å². The number of hydrogen-bond donors (Lipinski definition) is 1. The van der Waals surface area contributed by atoms with E-state index in [4.69, 9.17) is 5.11 Å². The van der Waals surface area contributed by atoms with Crippen LogP contribution in [0.25, 0.3) is 10.7 Å². The summed E-state index contributed by atoms with van der Waals surface area (Å²) in [7, 11) is 0. The fraction of sp³-hybridized carbons (Fsp3) is 0.333. The maximum Gasteiger partial charge on any atom is 0.325 e. The molecule has 0 saturated carbocycles. The van der Waals surface area contributed by atoms with Crippen molar-refractivity contribution in [1.82, 2.24) is 29.8 Å². The molecule has 0 fully saturated rings. The van der Waals surface area contributed by atoms with E-state index in [1.54, 1.807) is 6.92 Å². The van der Waals surface area contributed by atoms with Crippen LogP contribution in [0.2, 0.25) is 0 Å². The molecule has 2 aromatic heterocycles. The fourth-order valence-corrected chi connectivity index (χ4v) is 1.68. The van der Waals surface area contributed by atoms with Gasteiger partial charge in [-0.1, -0.05) is 4.49 Å². The van der Waals surface area contributed by atoms with E-state index in [1.807, 2.05) is 0 Å². The van der Waals surface area contributed by atoms with Crippen LogP contribution in [-0.4, -0.2) is 40.9 Å². The van der Waals surface area contributed by atoms with Gasteiger partial charge in [-0.3, -0.25) is 4.79 Å². The number of aliphatic carboxylic acids is 1. The Balaban J connectivity index is 2.41. The predicted octanol–water partition coefficient (Wildman–Crippen LogP) is -0.415. The van der Waals surface area contributed by atoms with Gasteiger partial charge in [-0.25, -0.2) is 4.68 Å². The first-order valence-corrected chi connectivity index (χ1v) is 4.73. The molecule has 8 nitrogen and oxygen atoms in total. The van der Waals surface area contributed by atoms with Crippen molar-refractivity contribution in [3.63, 3.8) is 0 Å². The number of rotatable bonds is 3. The largest absolute Gasteiger partial charge is 0.480 e. The summed E-state index contributed by atoms with van der Waals surface area (Å²) in [6.45, 7) is 1.48. The number of aromatic nitrogens is 6. The number of carboxylic acid groups (broad SMARTS) is 1. The minimum Gasteiger partial charge on any atom is -0.480 e. The smallest absolute Gasteiger partial charge is 0.325 e. The average molecular weight is 226 g/mol. The first kappa shape index (κ1) is 9.65. The molecule has 9 heteroatoms. The van der Waals surface area contributed by atoms with Crippen molar-refractivity contribution in [1.29, 1.82) is 0 Å². The number of carbonyl (C=O) groups is 1. The lowest BCUT2D eigenvalue weighted by molar-refractivity contribution is -0.137. The molecule has 2 rings (SSSR count). The Kier molecular flexibility index (Phi) is 2.37. The minimum absolute atomic E-state index is 0.278. The van der Waals surface area contributed by atoms with Crippen LogP contribution in [-0.2, 0) is 11.3 Å². The lowest BCUT2D eigenvalue weighted by Gasteiger charge is -1.97. The molecule has 0 amide bonds. The molecule has 0 aliphatic rings. The van der Waals surface area contributed by atoms with E-state index in [2.05, 4.69) is 25.1 Å². The van der Waals surface area contributed by atoms with Crippen LogP contribution in [0.1, 0.15) is 5.69 Å². The number of tetrazole rings is 1. The Morgan fingerprint density at radius 2 is 2.33 bits per heavy atom. The van der Waals surface area contributed by atoms with Gasteiger partial charge in [0.15, 0.2) is 5.82 Å². The molecule has 0 spiro atoms. The van der Waals surface area contributed by atoms with Gasteiger partial charge in [0.1, 0.15) is 11.4 Å². The molecule has 0 aliphatic carbocycles. The van der Waals surface area contributed by atoms with Crippen molar-refractivity contribution in [2.45, 2.75) is 13.5 Å².